The van der Waals surface area contributed by atoms with Crippen LogP contribution in [-0.2, 0) is 9.59 Å². The van der Waals surface area contributed by atoms with Gasteiger partial charge in [0.1, 0.15) is 6.04 Å². The fourth-order valence-corrected chi connectivity index (χ4v) is 3.23. The van der Waals surface area contributed by atoms with Gasteiger partial charge in [0.15, 0.2) is 5.75 Å². The van der Waals surface area contributed by atoms with E-state index in [1.165, 1.54) is 4.90 Å². The molecule has 3 aromatic carbocycles. The third-order valence-corrected chi connectivity index (χ3v) is 4.60. The van der Waals surface area contributed by atoms with Crippen LogP contribution in [-0.4, -0.2) is 23.9 Å². The van der Waals surface area contributed by atoms with Gasteiger partial charge in [-0.1, -0.05) is 48.5 Å². The number of esters is 1. The molecule has 1 atom stereocenters. The molecule has 0 saturated carbocycles. The molecule has 0 radical (unpaired) electrons. The van der Waals surface area contributed by atoms with Gasteiger partial charge < -0.3 is 15.4 Å². The summed E-state index contributed by atoms with van der Waals surface area (Å²) in [5.74, 6) is -0.800. The molecule has 7 heteroatoms. The van der Waals surface area contributed by atoms with Crippen LogP contribution in [0.4, 0.5) is 21.9 Å². The zero-order valence-electron chi connectivity index (χ0n) is 15.9. The van der Waals surface area contributed by atoms with E-state index >= 15 is 0 Å². The third kappa shape index (κ3) is 4.15. The van der Waals surface area contributed by atoms with Gasteiger partial charge in [-0.2, -0.15) is 0 Å². The molecule has 3 amide bonds. The van der Waals surface area contributed by atoms with Crippen LogP contribution in [0.15, 0.2) is 84.9 Å². The van der Waals surface area contributed by atoms with E-state index in [9.17, 15) is 14.4 Å². The first-order valence-corrected chi connectivity index (χ1v) is 9.43. The van der Waals surface area contributed by atoms with Crippen molar-refractivity contribution in [3.63, 3.8) is 0 Å². The Morgan fingerprint density at radius 2 is 1.37 bits per heavy atom. The Morgan fingerprint density at radius 1 is 0.800 bits per heavy atom. The standard InChI is InChI=1S/C23H19N3O4/c27-21(24-16-9-3-1-4-10-16)15-19-22(28)30-20-14-8-7-13-18(20)26(19)23(29)25-17-11-5-2-6-12-17/h1-14,19H,15H2,(H,24,27)(H,25,29)/t19-/m0/s1. The van der Waals surface area contributed by atoms with Gasteiger partial charge in [0, 0.05) is 11.4 Å². The van der Waals surface area contributed by atoms with E-state index in [-0.39, 0.29) is 12.2 Å². The average Bonchev–Trinajstić information content (AvgIpc) is 2.75. The molecule has 1 heterocycles. The number of fused-ring (bicyclic) bond motifs is 1. The summed E-state index contributed by atoms with van der Waals surface area (Å²) < 4.78 is 5.39. The first-order valence-electron chi connectivity index (χ1n) is 9.43. The normalized spacial score (nSPS) is 15.0. The Labute approximate surface area is 173 Å². The van der Waals surface area contributed by atoms with Crippen molar-refractivity contribution in [2.24, 2.45) is 0 Å². The number of carbonyl (C=O) groups excluding carboxylic acids is 3. The number of carbonyl (C=O) groups is 3. The summed E-state index contributed by atoms with van der Waals surface area (Å²) >= 11 is 0. The summed E-state index contributed by atoms with van der Waals surface area (Å²) in [4.78, 5) is 39.7. The zero-order valence-corrected chi connectivity index (χ0v) is 15.9. The molecule has 7 nitrogen and oxygen atoms in total. The predicted octanol–water partition coefficient (Wildman–Crippen LogP) is 4.04. The molecule has 150 valence electrons. The van der Waals surface area contributed by atoms with Crippen molar-refractivity contribution in [1.82, 2.24) is 0 Å². The van der Waals surface area contributed by atoms with Gasteiger partial charge in [-0.3, -0.25) is 9.69 Å². The summed E-state index contributed by atoms with van der Waals surface area (Å²) in [6.45, 7) is 0. The minimum atomic E-state index is -1.10. The van der Waals surface area contributed by atoms with Crippen molar-refractivity contribution in [1.29, 1.82) is 0 Å². The Hall–Kier alpha value is -4.13. The molecule has 2 N–H and O–H groups in total. The van der Waals surface area contributed by atoms with E-state index in [1.54, 1.807) is 72.8 Å². The lowest BCUT2D eigenvalue weighted by molar-refractivity contribution is -0.138. The van der Waals surface area contributed by atoms with Gasteiger partial charge in [-0.15, -0.1) is 0 Å². The maximum absolute atomic E-state index is 13.1. The Kier molecular flexibility index (Phi) is 5.43. The second kappa shape index (κ2) is 8.48. The minimum absolute atomic E-state index is 0.246. The van der Waals surface area contributed by atoms with Crippen molar-refractivity contribution in [3.8, 4) is 5.75 Å². The molecule has 0 aromatic heterocycles. The number of urea groups is 1. The fourth-order valence-electron chi connectivity index (χ4n) is 3.23. The molecule has 1 aliphatic rings. The molecule has 0 bridgehead atoms. The van der Waals surface area contributed by atoms with Crippen LogP contribution < -0.4 is 20.3 Å². The third-order valence-electron chi connectivity index (χ3n) is 4.60. The first-order chi connectivity index (χ1) is 14.6. The second-order valence-corrected chi connectivity index (χ2v) is 6.69. The Balaban J connectivity index is 1.60. The van der Waals surface area contributed by atoms with Crippen LogP contribution in [0.25, 0.3) is 0 Å². The molecule has 1 aliphatic heterocycles. The summed E-state index contributed by atoms with van der Waals surface area (Å²) in [6.07, 6.45) is -0.246. The molecule has 0 spiro atoms. The van der Waals surface area contributed by atoms with Crippen LogP contribution in [0.2, 0.25) is 0 Å². The Morgan fingerprint density at radius 3 is 2.03 bits per heavy atom. The second-order valence-electron chi connectivity index (χ2n) is 6.69. The smallest absolute Gasteiger partial charge is 0.335 e. The SMILES string of the molecule is O=C(C[C@H]1C(=O)Oc2ccccc2N1C(=O)Nc1ccccc1)Nc1ccccc1. The number of ether oxygens (including phenoxy) is 1. The monoisotopic (exact) mass is 401 g/mol. The fraction of sp³-hybridized carbons (Fsp3) is 0.0870. The predicted molar refractivity (Wildman–Crippen MR) is 113 cm³/mol. The number of amides is 3. The van der Waals surface area contributed by atoms with Crippen molar-refractivity contribution < 1.29 is 19.1 Å². The van der Waals surface area contributed by atoms with Gasteiger partial charge in [0.25, 0.3) is 0 Å². The Bertz CT molecular complexity index is 1070. The number of hydrogen-bond acceptors (Lipinski definition) is 4. The highest BCUT2D eigenvalue weighted by Gasteiger charge is 2.40. The van der Waals surface area contributed by atoms with E-state index in [0.29, 0.717) is 17.1 Å². The molecule has 4 rings (SSSR count). The van der Waals surface area contributed by atoms with Crippen molar-refractivity contribution >= 4 is 35.0 Å². The highest BCUT2D eigenvalue weighted by molar-refractivity contribution is 6.10. The summed E-state index contributed by atoms with van der Waals surface area (Å²) in [5, 5.41) is 5.51. The summed E-state index contributed by atoms with van der Waals surface area (Å²) in [5.41, 5.74) is 1.60. The highest BCUT2D eigenvalue weighted by Crippen LogP contribution is 2.35. The molecular formula is C23H19N3O4. The van der Waals surface area contributed by atoms with E-state index in [0.717, 1.165) is 0 Å². The van der Waals surface area contributed by atoms with E-state index in [1.807, 2.05) is 12.1 Å². The zero-order chi connectivity index (χ0) is 20.9. The molecule has 3 aromatic rings. The largest absolute Gasteiger partial charge is 0.423 e. The highest BCUT2D eigenvalue weighted by atomic mass is 16.5. The van der Waals surface area contributed by atoms with Crippen LogP contribution in [0.1, 0.15) is 6.42 Å². The summed E-state index contributed by atoms with van der Waals surface area (Å²) in [6, 6.07) is 22.9. The van der Waals surface area contributed by atoms with Gasteiger partial charge >= 0.3 is 12.0 Å². The van der Waals surface area contributed by atoms with Gasteiger partial charge in [0.05, 0.1) is 12.1 Å². The van der Waals surface area contributed by atoms with Crippen LogP contribution in [0.3, 0.4) is 0 Å². The number of anilines is 3. The van der Waals surface area contributed by atoms with Crippen molar-refractivity contribution in [2.45, 2.75) is 12.5 Å². The topological polar surface area (TPSA) is 87.7 Å². The maximum atomic E-state index is 13.1. The number of para-hydroxylation sites is 4. The van der Waals surface area contributed by atoms with Crippen LogP contribution >= 0.6 is 0 Å². The number of nitrogens with one attached hydrogen (secondary N) is 2. The number of hydrogen-bond donors (Lipinski definition) is 2. The average molecular weight is 401 g/mol. The lowest BCUT2D eigenvalue weighted by atomic mass is 10.1. The molecule has 30 heavy (non-hydrogen) atoms. The quantitative estimate of drug-likeness (QED) is 0.510. The van der Waals surface area contributed by atoms with E-state index in [2.05, 4.69) is 10.6 Å². The first kappa shape index (κ1) is 19.2. The molecule has 0 aliphatic carbocycles. The van der Waals surface area contributed by atoms with Gasteiger partial charge in [0.2, 0.25) is 5.91 Å². The molecular weight excluding hydrogens is 382 g/mol. The van der Waals surface area contributed by atoms with Crippen LogP contribution in [0.5, 0.6) is 5.75 Å². The maximum Gasteiger partial charge on any atom is 0.335 e. The minimum Gasteiger partial charge on any atom is -0.423 e. The lowest BCUT2D eigenvalue weighted by Gasteiger charge is -2.34. The molecule has 0 fully saturated rings. The van der Waals surface area contributed by atoms with Crippen molar-refractivity contribution in [2.75, 3.05) is 15.5 Å². The lowest BCUT2D eigenvalue weighted by Crippen LogP contribution is -2.53. The van der Waals surface area contributed by atoms with E-state index < -0.39 is 23.9 Å². The number of benzene rings is 3. The van der Waals surface area contributed by atoms with Gasteiger partial charge in [-0.25, -0.2) is 9.59 Å². The van der Waals surface area contributed by atoms with E-state index in [4.69, 9.17) is 4.74 Å². The van der Waals surface area contributed by atoms with Crippen LogP contribution in [0, 0.1) is 0 Å². The number of nitrogens with zero attached hydrogens (tertiary/aromatic N) is 1. The van der Waals surface area contributed by atoms with Gasteiger partial charge in [-0.05, 0) is 36.4 Å². The molecule has 0 saturated heterocycles. The van der Waals surface area contributed by atoms with Crippen molar-refractivity contribution in [3.05, 3.63) is 84.9 Å². The molecule has 0 unspecified atom stereocenters. The number of rotatable bonds is 4. The summed E-state index contributed by atoms with van der Waals surface area (Å²) in [7, 11) is 0.